The van der Waals surface area contributed by atoms with E-state index in [9.17, 15) is 8.78 Å². The van der Waals surface area contributed by atoms with Gasteiger partial charge >= 0.3 is 0 Å². The zero-order valence-electron chi connectivity index (χ0n) is 9.38. The lowest BCUT2D eigenvalue weighted by Crippen LogP contribution is -2.03. The zero-order valence-corrected chi connectivity index (χ0v) is 11.5. The van der Waals surface area contributed by atoms with E-state index in [1.54, 1.807) is 0 Å². The van der Waals surface area contributed by atoms with E-state index in [0.29, 0.717) is 17.8 Å². The Hall–Kier alpha value is -1.37. The molecule has 18 heavy (non-hydrogen) atoms. The van der Waals surface area contributed by atoms with Crippen LogP contribution in [0.4, 0.5) is 20.2 Å². The smallest absolute Gasteiger partial charge is 0.159 e. The maximum atomic E-state index is 13.0. The Morgan fingerprint density at radius 3 is 2.50 bits per heavy atom. The van der Waals surface area contributed by atoms with Gasteiger partial charge < -0.3 is 11.1 Å². The van der Waals surface area contributed by atoms with E-state index in [-0.39, 0.29) is 0 Å². The van der Waals surface area contributed by atoms with Crippen LogP contribution in [-0.4, -0.2) is 0 Å². The number of benzene rings is 2. The van der Waals surface area contributed by atoms with Crippen LogP contribution in [0.1, 0.15) is 5.56 Å². The fourth-order valence-corrected chi connectivity index (χ4v) is 2.06. The van der Waals surface area contributed by atoms with Crippen LogP contribution in [0.5, 0.6) is 0 Å². The van der Waals surface area contributed by atoms with E-state index >= 15 is 0 Å². The molecule has 0 aromatic heterocycles. The molecule has 0 unspecified atom stereocenters. The van der Waals surface area contributed by atoms with Gasteiger partial charge in [0.2, 0.25) is 0 Å². The second-order valence-electron chi connectivity index (χ2n) is 3.83. The van der Waals surface area contributed by atoms with Crippen molar-refractivity contribution in [1.29, 1.82) is 0 Å². The van der Waals surface area contributed by atoms with Crippen LogP contribution in [-0.2, 0) is 6.54 Å². The molecule has 5 heteroatoms. The van der Waals surface area contributed by atoms with Gasteiger partial charge in [-0.1, -0.05) is 6.07 Å². The van der Waals surface area contributed by atoms with Gasteiger partial charge in [-0.05, 0) is 58.5 Å². The van der Waals surface area contributed by atoms with Gasteiger partial charge in [-0.15, -0.1) is 0 Å². The lowest BCUT2D eigenvalue weighted by Gasteiger charge is -2.10. The highest BCUT2D eigenvalue weighted by Crippen LogP contribution is 2.21. The first-order valence-electron chi connectivity index (χ1n) is 5.29. The SMILES string of the molecule is Nc1cc(I)ccc1NCc1ccc(F)c(F)c1. The van der Waals surface area contributed by atoms with Crippen molar-refractivity contribution in [2.75, 3.05) is 11.1 Å². The van der Waals surface area contributed by atoms with Gasteiger partial charge in [0.1, 0.15) is 0 Å². The average molecular weight is 360 g/mol. The molecule has 3 N–H and O–H groups in total. The first kappa shape index (κ1) is 13.1. The third-order valence-electron chi connectivity index (χ3n) is 2.48. The maximum absolute atomic E-state index is 13.0. The minimum Gasteiger partial charge on any atom is -0.397 e. The largest absolute Gasteiger partial charge is 0.397 e. The summed E-state index contributed by atoms with van der Waals surface area (Å²) >= 11 is 2.17. The second-order valence-corrected chi connectivity index (χ2v) is 5.08. The van der Waals surface area contributed by atoms with Crippen molar-refractivity contribution in [3.63, 3.8) is 0 Å². The zero-order chi connectivity index (χ0) is 13.1. The number of hydrogen-bond acceptors (Lipinski definition) is 2. The van der Waals surface area contributed by atoms with E-state index < -0.39 is 11.6 Å². The quantitative estimate of drug-likeness (QED) is 0.646. The highest BCUT2D eigenvalue weighted by atomic mass is 127. The Bertz CT molecular complexity index is 573. The van der Waals surface area contributed by atoms with Gasteiger partial charge in [-0.3, -0.25) is 0 Å². The van der Waals surface area contributed by atoms with Gasteiger partial charge in [-0.2, -0.15) is 0 Å². The molecule has 0 aliphatic rings. The summed E-state index contributed by atoms with van der Waals surface area (Å²) in [5.74, 6) is -1.68. The molecule has 0 aliphatic heterocycles. The van der Waals surface area contributed by atoms with Crippen LogP contribution in [0.3, 0.4) is 0 Å². The molecule has 2 rings (SSSR count). The fourth-order valence-electron chi connectivity index (χ4n) is 1.54. The van der Waals surface area contributed by atoms with Crippen molar-refractivity contribution in [2.45, 2.75) is 6.54 Å². The molecular weight excluding hydrogens is 349 g/mol. The first-order chi connectivity index (χ1) is 8.56. The van der Waals surface area contributed by atoms with Gasteiger partial charge in [-0.25, -0.2) is 8.78 Å². The molecule has 0 heterocycles. The number of nitrogens with two attached hydrogens (primary N) is 1. The van der Waals surface area contributed by atoms with Crippen LogP contribution in [0.15, 0.2) is 36.4 Å². The van der Waals surface area contributed by atoms with Gasteiger partial charge in [0, 0.05) is 10.1 Å². The molecule has 0 radical (unpaired) electrons. The van der Waals surface area contributed by atoms with Crippen molar-refractivity contribution in [1.82, 2.24) is 0 Å². The van der Waals surface area contributed by atoms with Crippen molar-refractivity contribution in [2.24, 2.45) is 0 Å². The highest BCUT2D eigenvalue weighted by molar-refractivity contribution is 14.1. The summed E-state index contributed by atoms with van der Waals surface area (Å²) in [6.07, 6.45) is 0. The fraction of sp³-hybridized carbons (Fsp3) is 0.0769. The number of nitrogen functional groups attached to an aromatic ring is 1. The Morgan fingerprint density at radius 1 is 1.06 bits per heavy atom. The Balaban J connectivity index is 2.09. The lowest BCUT2D eigenvalue weighted by atomic mass is 10.2. The molecule has 0 aliphatic carbocycles. The molecule has 0 saturated carbocycles. The molecule has 0 amide bonds. The van der Waals surface area contributed by atoms with Crippen LogP contribution in [0.25, 0.3) is 0 Å². The third-order valence-corrected chi connectivity index (χ3v) is 3.15. The summed E-state index contributed by atoms with van der Waals surface area (Å²) in [6.45, 7) is 0.391. The molecular formula is C13H11F2IN2. The highest BCUT2D eigenvalue weighted by Gasteiger charge is 2.03. The van der Waals surface area contributed by atoms with E-state index in [2.05, 4.69) is 27.9 Å². The van der Waals surface area contributed by atoms with Gasteiger partial charge in [0.15, 0.2) is 11.6 Å². The molecule has 2 aromatic rings. The van der Waals surface area contributed by atoms with E-state index in [1.807, 2.05) is 18.2 Å². The van der Waals surface area contributed by atoms with Crippen molar-refractivity contribution >= 4 is 34.0 Å². The summed E-state index contributed by atoms with van der Waals surface area (Å²) in [5.41, 5.74) is 7.90. The molecule has 2 aromatic carbocycles. The number of rotatable bonds is 3. The van der Waals surface area contributed by atoms with Crippen LogP contribution < -0.4 is 11.1 Å². The molecule has 94 valence electrons. The minimum absolute atomic E-state index is 0.391. The van der Waals surface area contributed by atoms with Crippen molar-refractivity contribution in [3.8, 4) is 0 Å². The summed E-state index contributed by atoms with van der Waals surface area (Å²) in [6, 6.07) is 9.44. The van der Waals surface area contributed by atoms with E-state index in [0.717, 1.165) is 15.3 Å². The maximum Gasteiger partial charge on any atom is 0.159 e. The summed E-state index contributed by atoms with van der Waals surface area (Å²) in [7, 11) is 0. The third kappa shape index (κ3) is 3.10. The number of halogens is 3. The minimum atomic E-state index is -0.843. The van der Waals surface area contributed by atoms with Crippen LogP contribution >= 0.6 is 22.6 Å². The van der Waals surface area contributed by atoms with E-state index in [4.69, 9.17) is 5.73 Å². The second kappa shape index (κ2) is 5.51. The normalized spacial score (nSPS) is 10.4. The van der Waals surface area contributed by atoms with Gasteiger partial charge in [0.05, 0.1) is 11.4 Å². The number of hydrogen-bond donors (Lipinski definition) is 2. The summed E-state index contributed by atoms with van der Waals surface area (Å²) in [5, 5.41) is 3.09. The number of anilines is 2. The standard InChI is InChI=1S/C13H11F2IN2/c14-10-3-1-8(5-11(10)15)7-18-13-4-2-9(16)6-12(13)17/h1-6,18H,7,17H2. The van der Waals surface area contributed by atoms with Crippen molar-refractivity contribution in [3.05, 3.63) is 57.2 Å². The Labute approximate surface area is 117 Å². The van der Waals surface area contributed by atoms with E-state index in [1.165, 1.54) is 12.1 Å². The Kier molecular flexibility index (Phi) is 4.00. The molecule has 0 fully saturated rings. The molecule has 0 saturated heterocycles. The first-order valence-corrected chi connectivity index (χ1v) is 6.37. The van der Waals surface area contributed by atoms with Crippen LogP contribution in [0, 0.1) is 15.2 Å². The average Bonchev–Trinajstić information content (AvgIpc) is 2.32. The number of nitrogens with one attached hydrogen (secondary N) is 1. The summed E-state index contributed by atoms with van der Waals surface area (Å²) < 4.78 is 26.8. The van der Waals surface area contributed by atoms with Gasteiger partial charge in [0.25, 0.3) is 0 Å². The topological polar surface area (TPSA) is 38.0 Å². The molecule has 0 bridgehead atoms. The monoisotopic (exact) mass is 360 g/mol. The molecule has 2 nitrogen and oxygen atoms in total. The molecule has 0 atom stereocenters. The molecule has 0 spiro atoms. The predicted octanol–water partition coefficient (Wildman–Crippen LogP) is 3.76. The Morgan fingerprint density at radius 2 is 1.83 bits per heavy atom. The predicted molar refractivity (Wildman–Crippen MR) is 77.3 cm³/mol. The lowest BCUT2D eigenvalue weighted by molar-refractivity contribution is 0.507. The summed E-state index contributed by atoms with van der Waals surface area (Å²) in [4.78, 5) is 0. The van der Waals surface area contributed by atoms with Crippen LogP contribution in [0.2, 0.25) is 0 Å². The van der Waals surface area contributed by atoms with Crippen molar-refractivity contribution < 1.29 is 8.78 Å².